The third-order valence-electron chi connectivity index (χ3n) is 7.62. The first-order valence-corrected chi connectivity index (χ1v) is 14.2. The van der Waals surface area contributed by atoms with Crippen LogP contribution in [0.15, 0.2) is 66.7 Å². The summed E-state index contributed by atoms with van der Waals surface area (Å²) in [5, 5.41) is 4.38. The average molecular weight is 559 g/mol. The van der Waals surface area contributed by atoms with Crippen molar-refractivity contribution in [2.24, 2.45) is 0 Å². The predicted octanol–water partition coefficient (Wildman–Crippen LogP) is 6.32. The zero-order chi connectivity index (χ0) is 25.8. The second kappa shape index (κ2) is 11.6. The number of rotatable bonds is 10. The van der Waals surface area contributed by atoms with Crippen molar-refractivity contribution in [1.29, 1.82) is 0 Å². The van der Waals surface area contributed by atoms with Crippen molar-refractivity contribution in [3.8, 4) is 28.1 Å². The molecule has 1 aliphatic carbocycles. The number of fused-ring (bicyclic) bond motifs is 1. The summed E-state index contributed by atoms with van der Waals surface area (Å²) in [6, 6.07) is 24.0. The summed E-state index contributed by atoms with van der Waals surface area (Å²) in [6.07, 6.45) is 7.15. The molecular formula is C32H35N2O2Se. The van der Waals surface area contributed by atoms with Gasteiger partial charge in [-0.1, -0.05) is 0 Å². The summed E-state index contributed by atoms with van der Waals surface area (Å²) in [4.78, 5) is 12.2. The van der Waals surface area contributed by atoms with Crippen LogP contribution in [-0.4, -0.2) is 39.6 Å². The topological polar surface area (TPSA) is 43.3 Å². The van der Waals surface area contributed by atoms with Crippen molar-refractivity contribution in [3.63, 3.8) is 0 Å². The molecule has 1 aromatic heterocycles. The van der Waals surface area contributed by atoms with Crippen LogP contribution in [0.25, 0.3) is 33.3 Å². The zero-order valence-corrected chi connectivity index (χ0v) is 23.5. The Balaban J connectivity index is 1.39. The van der Waals surface area contributed by atoms with E-state index in [0.717, 1.165) is 48.9 Å². The quantitative estimate of drug-likeness (QED) is 0.183. The van der Waals surface area contributed by atoms with E-state index < -0.39 is 0 Å². The number of nitrogens with one attached hydrogen (secondary N) is 1. The Morgan fingerprint density at radius 1 is 1.00 bits per heavy atom. The standard InChI is InChI=1S/C32H35N2O2Se/c1-22-28-21-26(36-2)16-18-29(28)34(19-8-4-7-14-31(35)33-25-12-9-13-25)32(22)27-17-15-24(20-30(27)37)23-10-5-3-6-11-23/h3,5-6,10-11,15-18,20-21,25H,4,7-9,12-14,19H2,1-2H3,(H,33,35). The number of nitrogens with zero attached hydrogens (tertiary/aromatic N) is 1. The number of hydrogen-bond acceptors (Lipinski definition) is 2. The number of carbonyl (C=O) groups excluding carboxylic acids is 1. The summed E-state index contributed by atoms with van der Waals surface area (Å²) in [6.45, 7) is 3.12. The van der Waals surface area contributed by atoms with Crippen molar-refractivity contribution in [2.45, 2.75) is 64.5 Å². The molecule has 1 saturated carbocycles. The molecule has 0 saturated heterocycles. The van der Waals surface area contributed by atoms with Crippen molar-refractivity contribution in [1.82, 2.24) is 9.88 Å². The number of benzene rings is 3. The van der Waals surface area contributed by atoms with Gasteiger partial charge in [0.2, 0.25) is 0 Å². The summed E-state index contributed by atoms with van der Waals surface area (Å²) in [7, 11) is 1.72. The summed E-state index contributed by atoms with van der Waals surface area (Å²) in [5.41, 5.74) is 7.38. The molecule has 4 nitrogen and oxygen atoms in total. The first-order valence-electron chi connectivity index (χ1n) is 13.4. The van der Waals surface area contributed by atoms with Gasteiger partial charge in [0.05, 0.1) is 0 Å². The number of hydrogen-bond donors (Lipinski definition) is 1. The van der Waals surface area contributed by atoms with E-state index in [4.69, 9.17) is 4.74 Å². The minimum Gasteiger partial charge on any atom is -0.0494 e. The van der Waals surface area contributed by atoms with E-state index in [0.29, 0.717) is 12.5 Å². The molecule has 0 unspecified atom stereocenters. The number of aromatic nitrogens is 1. The Bertz CT molecular complexity index is 1390. The van der Waals surface area contributed by atoms with Gasteiger partial charge < -0.3 is 0 Å². The molecular weight excluding hydrogens is 523 g/mol. The SMILES string of the molecule is COc1ccc2c(c1)c(C)c(-c1ccc(-c3ccccc3)cc1[Se])n2CCCCCC(=O)NC1CCC1. The number of carbonyl (C=O) groups is 1. The molecule has 1 radical (unpaired) electrons. The number of unbranched alkanes of at least 4 members (excludes halogenated alkanes) is 2. The summed E-state index contributed by atoms with van der Waals surface area (Å²) < 4.78 is 9.14. The maximum absolute atomic E-state index is 12.2. The van der Waals surface area contributed by atoms with Crippen LogP contribution in [0.3, 0.4) is 0 Å². The van der Waals surface area contributed by atoms with Gasteiger partial charge in [-0.2, -0.15) is 0 Å². The maximum atomic E-state index is 12.2. The minimum absolute atomic E-state index is 0.212. The third-order valence-corrected chi connectivity index (χ3v) is 8.33. The fourth-order valence-electron chi connectivity index (χ4n) is 5.32. The van der Waals surface area contributed by atoms with Crippen LogP contribution in [-0.2, 0) is 11.3 Å². The van der Waals surface area contributed by atoms with Crippen LogP contribution in [0.5, 0.6) is 5.75 Å². The fraction of sp³-hybridized carbons (Fsp3) is 0.344. The zero-order valence-electron chi connectivity index (χ0n) is 21.8. The van der Waals surface area contributed by atoms with Crippen molar-refractivity contribution in [3.05, 3.63) is 72.3 Å². The van der Waals surface area contributed by atoms with Gasteiger partial charge in [0.1, 0.15) is 0 Å². The minimum atomic E-state index is 0.212. The number of amides is 1. The Labute approximate surface area is 228 Å². The smallest absolute Gasteiger partial charge is 0.0494 e. The molecule has 0 aliphatic heterocycles. The Hall–Kier alpha value is -3.01. The van der Waals surface area contributed by atoms with Gasteiger partial charge >= 0.3 is 209 Å². The van der Waals surface area contributed by atoms with Crippen molar-refractivity contribution >= 4 is 37.3 Å². The summed E-state index contributed by atoms with van der Waals surface area (Å²) in [5.74, 6) is 1.09. The monoisotopic (exact) mass is 559 g/mol. The van der Waals surface area contributed by atoms with E-state index in [1.165, 1.54) is 45.3 Å². The van der Waals surface area contributed by atoms with Gasteiger partial charge in [-0.05, 0) is 19.3 Å². The van der Waals surface area contributed by atoms with Crippen LogP contribution in [0, 0.1) is 6.92 Å². The van der Waals surface area contributed by atoms with E-state index >= 15 is 0 Å². The molecule has 1 aliphatic rings. The van der Waals surface area contributed by atoms with Crippen molar-refractivity contribution in [2.75, 3.05) is 7.11 Å². The number of methoxy groups -OCH3 is 1. The van der Waals surface area contributed by atoms with Crippen LogP contribution in [0.2, 0.25) is 0 Å². The fourth-order valence-corrected chi connectivity index (χ4v) is 5.93. The molecule has 1 amide bonds. The van der Waals surface area contributed by atoms with E-state index in [2.05, 4.69) is 87.4 Å². The molecule has 0 spiro atoms. The van der Waals surface area contributed by atoms with Gasteiger partial charge in [-0.15, -0.1) is 0 Å². The van der Waals surface area contributed by atoms with Gasteiger partial charge in [0, 0.05) is 0 Å². The second-order valence-corrected chi connectivity index (χ2v) is 11.0. The first kappa shape index (κ1) is 25.6. The van der Waals surface area contributed by atoms with Gasteiger partial charge in [0.15, 0.2) is 0 Å². The van der Waals surface area contributed by atoms with E-state index in [9.17, 15) is 4.79 Å². The Morgan fingerprint density at radius 2 is 1.81 bits per heavy atom. The first-order chi connectivity index (χ1) is 18.0. The van der Waals surface area contributed by atoms with E-state index in [1.807, 2.05) is 12.1 Å². The molecule has 0 bridgehead atoms. The molecule has 37 heavy (non-hydrogen) atoms. The van der Waals surface area contributed by atoms with Crippen LogP contribution < -0.4 is 14.5 Å². The van der Waals surface area contributed by atoms with E-state index in [1.54, 1.807) is 7.11 Å². The number of ether oxygens (including phenoxy) is 1. The second-order valence-electron chi connectivity index (χ2n) is 10.1. The predicted molar refractivity (Wildman–Crippen MR) is 154 cm³/mol. The van der Waals surface area contributed by atoms with Gasteiger partial charge in [0.25, 0.3) is 0 Å². The normalized spacial score (nSPS) is 13.5. The summed E-state index contributed by atoms with van der Waals surface area (Å²) >= 11 is 3.33. The molecule has 3 aromatic carbocycles. The van der Waals surface area contributed by atoms with E-state index in [-0.39, 0.29) is 5.91 Å². The Morgan fingerprint density at radius 3 is 2.51 bits per heavy atom. The Kier molecular flexibility index (Phi) is 8.02. The molecule has 1 heterocycles. The molecule has 0 atom stereocenters. The van der Waals surface area contributed by atoms with Gasteiger partial charge in [-0.3, -0.25) is 0 Å². The number of aryl methyl sites for hydroxylation is 2. The molecule has 4 aromatic rings. The molecule has 1 fully saturated rings. The third kappa shape index (κ3) is 5.63. The van der Waals surface area contributed by atoms with Crippen LogP contribution in [0.1, 0.15) is 50.5 Å². The van der Waals surface area contributed by atoms with Crippen LogP contribution >= 0.6 is 0 Å². The molecule has 5 heteroatoms. The van der Waals surface area contributed by atoms with Crippen molar-refractivity contribution < 1.29 is 9.53 Å². The molecule has 1 N–H and O–H groups in total. The van der Waals surface area contributed by atoms with Gasteiger partial charge in [-0.25, -0.2) is 0 Å². The average Bonchev–Trinajstić information content (AvgIpc) is 3.17. The molecule has 191 valence electrons. The molecule has 5 rings (SSSR count). The van der Waals surface area contributed by atoms with Crippen LogP contribution in [0.4, 0.5) is 0 Å².